The van der Waals surface area contributed by atoms with Gasteiger partial charge in [-0.1, -0.05) is 17.7 Å². The van der Waals surface area contributed by atoms with Crippen LogP contribution in [0, 0.1) is 12.7 Å². The first kappa shape index (κ1) is 14.3. The van der Waals surface area contributed by atoms with Crippen LogP contribution in [0.3, 0.4) is 0 Å². The molecule has 20 heavy (non-hydrogen) atoms. The van der Waals surface area contributed by atoms with Crippen LogP contribution in [-0.2, 0) is 4.79 Å². The van der Waals surface area contributed by atoms with Crippen LogP contribution in [0.4, 0.5) is 15.8 Å². The molecule has 0 unspecified atom stereocenters. The zero-order valence-corrected chi connectivity index (χ0v) is 11.7. The normalized spacial score (nSPS) is 10.2. The van der Waals surface area contributed by atoms with Gasteiger partial charge in [-0.15, -0.1) is 0 Å². The zero-order chi connectivity index (χ0) is 14.5. The maximum atomic E-state index is 13.5. The number of hydrogen-bond acceptors (Lipinski definition) is 2. The second-order valence-electron chi connectivity index (χ2n) is 4.39. The van der Waals surface area contributed by atoms with E-state index in [1.165, 1.54) is 6.07 Å². The summed E-state index contributed by atoms with van der Waals surface area (Å²) in [4.78, 5) is 11.7. The molecule has 0 saturated heterocycles. The van der Waals surface area contributed by atoms with Crippen molar-refractivity contribution < 1.29 is 9.18 Å². The van der Waals surface area contributed by atoms with Gasteiger partial charge in [0.25, 0.3) is 0 Å². The molecule has 0 aliphatic rings. The topological polar surface area (TPSA) is 41.1 Å². The summed E-state index contributed by atoms with van der Waals surface area (Å²) < 4.78 is 13.5. The molecule has 0 radical (unpaired) electrons. The molecular weight excluding hydrogens is 279 g/mol. The summed E-state index contributed by atoms with van der Waals surface area (Å²) in [5.41, 5.74) is 1.88. The number of anilines is 2. The molecule has 2 aromatic rings. The highest BCUT2D eigenvalue weighted by atomic mass is 35.5. The van der Waals surface area contributed by atoms with Crippen molar-refractivity contribution in [3.05, 3.63) is 58.9 Å². The Labute approximate surface area is 121 Å². The summed E-state index contributed by atoms with van der Waals surface area (Å²) in [6, 6.07) is 11.5. The Balaban J connectivity index is 1.92. The van der Waals surface area contributed by atoms with Gasteiger partial charge < -0.3 is 10.6 Å². The van der Waals surface area contributed by atoms with E-state index in [0.29, 0.717) is 16.4 Å². The predicted octanol–water partition coefficient (Wildman–Crippen LogP) is 3.84. The van der Waals surface area contributed by atoms with Gasteiger partial charge in [-0.05, 0) is 48.9 Å². The number of aryl methyl sites for hydroxylation is 1. The SMILES string of the molecule is Cc1ccc(F)c(NCC(=O)Nc2ccc(Cl)cc2)c1. The standard InChI is InChI=1S/C15H14ClFN2O/c1-10-2-7-13(17)14(8-10)18-9-15(20)19-12-5-3-11(16)4-6-12/h2-8,18H,9H2,1H3,(H,19,20). The Bertz CT molecular complexity index is 614. The Morgan fingerprint density at radius 3 is 2.60 bits per heavy atom. The number of rotatable bonds is 4. The van der Waals surface area contributed by atoms with E-state index in [4.69, 9.17) is 11.6 Å². The van der Waals surface area contributed by atoms with Crippen molar-refractivity contribution >= 4 is 28.9 Å². The van der Waals surface area contributed by atoms with E-state index in [1.807, 2.05) is 6.92 Å². The van der Waals surface area contributed by atoms with Crippen molar-refractivity contribution in [2.75, 3.05) is 17.2 Å². The minimum absolute atomic E-state index is 0.0109. The van der Waals surface area contributed by atoms with Crippen LogP contribution in [-0.4, -0.2) is 12.5 Å². The Morgan fingerprint density at radius 1 is 1.20 bits per heavy atom. The van der Waals surface area contributed by atoms with E-state index in [-0.39, 0.29) is 18.3 Å². The summed E-state index contributed by atoms with van der Waals surface area (Å²) >= 11 is 5.75. The second kappa shape index (κ2) is 6.39. The van der Waals surface area contributed by atoms with E-state index in [1.54, 1.807) is 36.4 Å². The van der Waals surface area contributed by atoms with Gasteiger partial charge in [0.1, 0.15) is 5.82 Å². The molecule has 5 heteroatoms. The number of benzene rings is 2. The van der Waals surface area contributed by atoms with Gasteiger partial charge in [-0.25, -0.2) is 4.39 Å². The van der Waals surface area contributed by atoms with Crippen molar-refractivity contribution in [2.24, 2.45) is 0 Å². The summed E-state index contributed by atoms with van der Waals surface area (Å²) in [6.07, 6.45) is 0. The molecule has 0 fully saturated rings. The molecule has 0 aliphatic heterocycles. The molecule has 0 spiro atoms. The monoisotopic (exact) mass is 292 g/mol. The average molecular weight is 293 g/mol. The largest absolute Gasteiger partial charge is 0.374 e. The van der Waals surface area contributed by atoms with Crippen LogP contribution >= 0.6 is 11.6 Å². The number of halogens is 2. The molecular formula is C15H14ClFN2O. The molecule has 1 amide bonds. The maximum Gasteiger partial charge on any atom is 0.243 e. The molecule has 104 valence electrons. The van der Waals surface area contributed by atoms with Gasteiger partial charge in [0.2, 0.25) is 5.91 Å². The van der Waals surface area contributed by atoms with E-state index < -0.39 is 0 Å². The predicted molar refractivity (Wildman–Crippen MR) is 79.7 cm³/mol. The van der Waals surface area contributed by atoms with Gasteiger partial charge in [0.05, 0.1) is 12.2 Å². The van der Waals surface area contributed by atoms with Crippen molar-refractivity contribution in [3.8, 4) is 0 Å². The summed E-state index contributed by atoms with van der Waals surface area (Å²) in [5, 5.41) is 6.06. The Morgan fingerprint density at radius 2 is 1.90 bits per heavy atom. The molecule has 0 atom stereocenters. The first-order valence-corrected chi connectivity index (χ1v) is 6.48. The van der Waals surface area contributed by atoms with E-state index >= 15 is 0 Å². The van der Waals surface area contributed by atoms with Crippen molar-refractivity contribution in [3.63, 3.8) is 0 Å². The highest BCUT2D eigenvalue weighted by Crippen LogP contribution is 2.16. The lowest BCUT2D eigenvalue weighted by Gasteiger charge is -2.09. The van der Waals surface area contributed by atoms with Gasteiger partial charge in [-0.3, -0.25) is 4.79 Å². The van der Waals surface area contributed by atoms with E-state index in [9.17, 15) is 9.18 Å². The van der Waals surface area contributed by atoms with Crippen LogP contribution in [0.25, 0.3) is 0 Å². The van der Waals surface area contributed by atoms with Crippen molar-refractivity contribution in [1.29, 1.82) is 0 Å². The van der Waals surface area contributed by atoms with Crippen LogP contribution in [0.2, 0.25) is 5.02 Å². The number of carbonyl (C=O) groups excluding carboxylic acids is 1. The smallest absolute Gasteiger partial charge is 0.243 e. The molecule has 3 nitrogen and oxygen atoms in total. The van der Waals surface area contributed by atoms with Crippen LogP contribution < -0.4 is 10.6 Å². The number of nitrogens with one attached hydrogen (secondary N) is 2. The summed E-state index contributed by atoms with van der Waals surface area (Å²) in [7, 11) is 0. The van der Waals surface area contributed by atoms with Gasteiger partial charge in [0, 0.05) is 10.7 Å². The van der Waals surface area contributed by atoms with Crippen LogP contribution in [0.5, 0.6) is 0 Å². The Kier molecular flexibility index (Phi) is 4.58. The zero-order valence-electron chi connectivity index (χ0n) is 10.9. The fourth-order valence-electron chi connectivity index (χ4n) is 1.69. The van der Waals surface area contributed by atoms with Crippen LogP contribution in [0.1, 0.15) is 5.56 Å². The molecule has 2 N–H and O–H groups in total. The first-order valence-electron chi connectivity index (χ1n) is 6.10. The number of hydrogen-bond donors (Lipinski definition) is 2. The minimum Gasteiger partial charge on any atom is -0.374 e. The molecule has 0 aromatic heterocycles. The third kappa shape index (κ3) is 3.96. The summed E-state index contributed by atoms with van der Waals surface area (Å²) in [6.45, 7) is 1.85. The van der Waals surface area contributed by atoms with Gasteiger partial charge >= 0.3 is 0 Å². The van der Waals surface area contributed by atoms with E-state index in [0.717, 1.165) is 5.56 Å². The fourth-order valence-corrected chi connectivity index (χ4v) is 1.81. The molecule has 2 aromatic carbocycles. The quantitative estimate of drug-likeness (QED) is 0.899. The highest BCUT2D eigenvalue weighted by Gasteiger charge is 2.05. The second-order valence-corrected chi connectivity index (χ2v) is 4.83. The maximum absolute atomic E-state index is 13.5. The number of amides is 1. The minimum atomic E-state index is -0.380. The third-order valence-corrected chi connectivity index (χ3v) is 2.94. The third-order valence-electron chi connectivity index (χ3n) is 2.69. The van der Waals surface area contributed by atoms with Gasteiger partial charge in [0.15, 0.2) is 0 Å². The molecule has 0 heterocycles. The first-order chi connectivity index (χ1) is 9.54. The lowest BCUT2D eigenvalue weighted by Crippen LogP contribution is -2.22. The van der Waals surface area contributed by atoms with Crippen LogP contribution in [0.15, 0.2) is 42.5 Å². The van der Waals surface area contributed by atoms with E-state index in [2.05, 4.69) is 10.6 Å². The van der Waals surface area contributed by atoms with Gasteiger partial charge in [-0.2, -0.15) is 0 Å². The van der Waals surface area contributed by atoms with Crippen molar-refractivity contribution in [1.82, 2.24) is 0 Å². The highest BCUT2D eigenvalue weighted by molar-refractivity contribution is 6.30. The number of carbonyl (C=O) groups is 1. The fraction of sp³-hybridized carbons (Fsp3) is 0.133. The molecule has 2 rings (SSSR count). The Hall–Kier alpha value is -2.07. The van der Waals surface area contributed by atoms with Crippen molar-refractivity contribution in [2.45, 2.75) is 6.92 Å². The lowest BCUT2D eigenvalue weighted by atomic mass is 10.2. The molecule has 0 saturated carbocycles. The molecule has 0 bridgehead atoms. The lowest BCUT2D eigenvalue weighted by molar-refractivity contribution is -0.114. The molecule has 0 aliphatic carbocycles. The summed E-state index contributed by atoms with van der Waals surface area (Å²) in [5.74, 6) is -0.636. The average Bonchev–Trinajstić information content (AvgIpc) is 2.42.